The molecule has 2 N–H and O–H groups in total. The standard InChI is InChI=1S/C19H29N3O2/c1-22-11-8-18(14-4-5-15(23-2)16(12-14)24-3)6-7-19(13-17(18)22)20-9-10-21-19/h4-5,12,17,20-21H,6-11,13H2,1-3H3. The van der Waals surface area contributed by atoms with Crippen LogP contribution in [0.25, 0.3) is 0 Å². The Morgan fingerprint density at radius 1 is 1.04 bits per heavy atom. The molecule has 0 bridgehead atoms. The summed E-state index contributed by atoms with van der Waals surface area (Å²) in [7, 11) is 5.70. The molecule has 5 nitrogen and oxygen atoms in total. The number of nitrogens with zero attached hydrogens (tertiary/aromatic N) is 1. The Labute approximate surface area is 144 Å². The summed E-state index contributed by atoms with van der Waals surface area (Å²) < 4.78 is 11.0. The highest BCUT2D eigenvalue weighted by Crippen LogP contribution is 2.51. The molecule has 0 aromatic heterocycles. The molecule has 3 aliphatic rings. The molecule has 2 heterocycles. The van der Waals surface area contributed by atoms with E-state index < -0.39 is 0 Å². The molecule has 1 aliphatic carbocycles. The van der Waals surface area contributed by atoms with Crippen LogP contribution in [0, 0.1) is 0 Å². The first kappa shape index (κ1) is 16.2. The maximum absolute atomic E-state index is 5.57. The molecule has 1 saturated carbocycles. The van der Waals surface area contributed by atoms with Crippen molar-refractivity contribution in [3.05, 3.63) is 23.8 Å². The van der Waals surface area contributed by atoms with Gasteiger partial charge in [0.25, 0.3) is 0 Å². The third kappa shape index (κ3) is 2.33. The SMILES string of the molecule is COc1ccc(C23CCN(C)C2CC2(CC3)NCCN2)cc1OC. The molecule has 1 aromatic carbocycles. The fourth-order valence-corrected chi connectivity index (χ4v) is 5.25. The summed E-state index contributed by atoms with van der Waals surface area (Å²) in [6, 6.07) is 7.08. The molecule has 3 fully saturated rings. The Kier molecular flexibility index (Phi) is 3.98. The zero-order valence-electron chi connectivity index (χ0n) is 15.0. The van der Waals surface area contributed by atoms with Crippen molar-refractivity contribution in [2.45, 2.75) is 42.8 Å². The number of rotatable bonds is 3. The highest BCUT2D eigenvalue weighted by molar-refractivity contribution is 5.46. The van der Waals surface area contributed by atoms with Crippen molar-refractivity contribution in [3.63, 3.8) is 0 Å². The van der Waals surface area contributed by atoms with Gasteiger partial charge in [-0.15, -0.1) is 0 Å². The third-order valence-electron chi connectivity index (χ3n) is 6.63. The second-order valence-corrected chi connectivity index (χ2v) is 7.61. The first-order valence-electron chi connectivity index (χ1n) is 9.05. The minimum Gasteiger partial charge on any atom is -0.493 e. The molecule has 5 heteroatoms. The highest BCUT2D eigenvalue weighted by atomic mass is 16.5. The van der Waals surface area contributed by atoms with E-state index in [4.69, 9.17) is 9.47 Å². The molecular weight excluding hydrogens is 302 g/mol. The van der Waals surface area contributed by atoms with Crippen molar-refractivity contribution < 1.29 is 9.47 Å². The predicted octanol–water partition coefficient (Wildman–Crippen LogP) is 1.72. The summed E-state index contributed by atoms with van der Waals surface area (Å²) in [4.78, 5) is 2.55. The minimum absolute atomic E-state index is 0.142. The fraction of sp³-hybridized carbons (Fsp3) is 0.684. The smallest absolute Gasteiger partial charge is 0.161 e. The summed E-state index contributed by atoms with van der Waals surface area (Å²) in [5.74, 6) is 1.65. The summed E-state index contributed by atoms with van der Waals surface area (Å²) in [5.41, 5.74) is 1.77. The van der Waals surface area contributed by atoms with Crippen molar-refractivity contribution >= 4 is 0 Å². The molecule has 2 atom stereocenters. The monoisotopic (exact) mass is 331 g/mol. The van der Waals surface area contributed by atoms with Gasteiger partial charge < -0.3 is 14.4 Å². The number of nitrogens with one attached hydrogen (secondary N) is 2. The van der Waals surface area contributed by atoms with E-state index in [9.17, 15) is 0 Å². The molecule has 132 valence electrons. The number of fused-ring (bicyclic) bond motifs is 1. The Morgan fingerprint density at radius 2 is 1.79 bits per heavy atom. The van der Waals surface area contributed by atoms with E-state index in [0.29, 0.717) is 6.04 Å². The van der Waals surface area contributed by atoms with E-state index in [2.05, 4.69) is 40.8 Å². The van der Waals surface area contributed by atoms with E-state index in [1.807, 2.05) is 0 Å². The Balaban J connectivity index is 1.70. The van der Waals surface area contributed by atoms with Gasteiger partial charge in [-0.1, -0.05) is 6.07 Å². The van der Waals surface area contributed by atoms with Crippen molar-refractivity contribution in [2.24, 2.45) is 0 Å². The first-order chi connectivity index (χ1) is 11.6. The summed E-state index contributed by atoms with van der Waals surface area (Å²) in [6.07, 6.45) is 4.78. The van der Waals surface area contributed by atoms with Gasteiger partial charge in [-0.05, 0) is 57.0 Å². The Morgan fingerprint density at radius 3 is 2.50 bits per heavy atom. The van der Waals surface area contributed by atoms with Crippen molar-refractivity contribution in [1.29, 1.82) is 0 Å². The van der Waals surface area contributed by atoms with Gasteiger partial charge in [0.15, 0.2) is 11.5 Å². The van der Waals surface area contributed by atoms with Gasteiger partial charge in [-0.25, -0.2) is 0 Å². The van der Waals surface area contributed by atoms with Gasteiger partial charge in [0.1, 0.15) is 0 Å². The lowest BCUT2D eigenvalue weighted by Gasteiger charge is -2.49. The zero-order chi connectivity index (χ0) is 16.8. The molecule has 24 heavy (non-hydrogen) atoms. The van der Waals surface area contributed by atoms with Gasteiger partial charge >= 0.3 is 0 Å². The summed E-state index contributed by atoms with van der Waals surface area (Å²) >= 11 is 0. The van der Waals surface area contributed by atoms with Gasteiger partial charge in [0, 0.05) is 24.5 Å². The average molecular weight is 331 g/mol. The normalized spacial score (nSPS) is 32.0. The van der Waals surface area contributed by atoms with Gasteiger partial charge in [-0.3, -0.25) is 10.6 Å². The van der Waals surface area contributed by atoms with Crippen LogP contribution in [0.2, 0.25) is 0 Å². The largest absolute Gasteiger partial charge is 0.493 e. The molecule has 2 saturated heterocycles. The van der Waals surface area contributed by atoms with Gasteiger partial charge in [0.05, 0.1) is 19.9 Å². The molecular formula is C19H29N3O2. The molecule has 2 unspecified atom stereocenters. The van der Waals surface area contributed by atoms with Crippen molar-refractivity contribution in [1.82, 2.24) is 15.5 Å². The predicted molar refractivity (Wildman–Crippen MR) is 94.8 cm³/mol. The molecule has 2 aliphatic heterocycles. The van der Waals surface area contributed by atoms with Crippen molar-refractivity contribution in [3.8, 4) is 11.5 Å². The van der Waals surface area contributed by atoms with Crippen LogP contribution in [-0.2, 0) is 5.41 Å². The zero-order valence-corrected chi connectivity index (χ0v) is 15.0. The lowest BCUT2D eigenvalue weighted by Crippen LogP contribution is -2.60. The maximum atomic E-state index is 5.57. The van der Waals surface area contributed by atoms with Crippen LogP contribution in [0.3, 0.4) is 0 Å². The fourth-order valence-electron chi connectivity index (χ4n) is 5.25. The number of likely N-dealkylation sites (N-methyl/N-ethyl adjacent to an activating group) is 1. The Bertz CT molecular complexity index is 615. The number of methoxy groups -OCH3 is 2. The van der Waals surface area contributed by atoms with Crippen LogP contribution in [0.5, 0.6) is 11.5 Å². The van der Waals surface area contributed by atoms with Crippen molar-refractivity contribution in [2.75, 3.05) is 40.9 Å². The topological polar surface area (TPSA) is 45.8 Å². The maximum Gasteiger partial charge on any atom is 0.161 e. The van der Waals surface area contributed by atoms with E-state index in [1.165, 1.54) is 24.8 Å². The van der Waals surface area contributed by atoms with Gasteiger partial charge in [-0.2, -0.15) is 0 Å². The average Bonchev–Trinajstić information content (AvgIpc) is 3.21. The third-order valence-corrected chi connectivity index (χ3v) is 6.63. The molecule has 0 radical (unpaired) electrons. The first-order valence-corrected chi connectivity index (χ1v) is 9.05. The van der Waals surface area contributed by atoms with E-state index in [-0.39, 0.29) is 11.1 Å². The summed E-state index contributed by atoms with van der Waals surface area (Å²) in [6.45, 7) is 3.33. The molecule has 4 rings (SSSR count). The van der Waals surface area contributed by atoms with E-state index in [0.717, 1.165) is 37.6 Å². The lowest BCUT2D eigenvalue weighted by molar-refractivity contribution is 0.0969. The second kappa shape index (κ2) is 5.90. The van der Waals surface area contributed by atoms with Crippen LogP contribution in [0.15, 0.2) is 18.2 Å². The van der Waals surface area contributed by atoms with E-state index >= 15 is 0 Å². The van der Waals surface area contributed by atoms with Crippen LogP contribution < -0.4 is 20.1 Å². The molecule has 1 spiro atoms. The number of hydrogen-bond donors (Lipinski definition) is 2. The second-order valence-electron chi connectivity index (χ2n) is 7.61. The number of benzene rings is 1. The van der Waals surface area contributed by atoms with Crippen LogP contribution in [0.4, 0.5) is 0 Å². The van der Waals surface area contributed by atoms with Crippen LogP contribution in [-0.4, -0.2) is 57.5 Å². The van der Waals surface area contributed by atoms with Crippen LogP contribution in [0.1, 0.15) is 31.2 Å². The van der Waals surface area contributed by atoms with Gasteiger partial charge in [0.2, 0.25) is 0 Å². The quantitative estimate of drug-likeness (QED) is 0.883. The molecule has 0 amide bonds. The Hall–Kier alpha value is -1.30. The molecule has 1 aromatic rings. The van der Waals surface area contributed by atoms with E-state index in [1.54, 1.807) is 14.2 Å². The highest BCUT2D eigenvalue weighted by Gasteiger charge is 2.55. The number of hydrogen-bond acceptors (Lipinski definition) is 5. The number of likely N-dealkylation sites (tertiary alicyclic amines) is 1. The van der Waals surface area contributed by atoms with Crippen LogP contribution >= 0.6 is 0 Å². The summed E-state index contributed by atoms with van der Waals surface area (Å²) in [5, 5.41) is 7.46. The number of ether oxygens (including phenoxy) is 2. The lowest BCUT2D eigenvalue weighted by atomic mass is 9.63. The minimum atomic E-state index is 0.142.